The molecule has 0 saturated heterocycles. The summed E-state index contributed by atoms with van der Waals surface area (Å²) in [4.78, 5) is 11.6. The first kappa shape index (κ1) is 13.4. The van der Waals surface area contributed by atoms with Crippen LogP contribution in [0.4, 0.5) is 0 Å². The summed E-state index contributed by atoms with van der Waals surface area (Å²) in [5, 5.41) is 3.19. The Morgan fingerprint density at radius 1 is 1.50 bits per heavy atom. The fourth-order valence-electron chi connectivity index (χ4n) is 1.94. The lowest BCUT2D eigenvalue weighted by molar-refractivity contribution is -0.128. The number of hydrogen-bond donors (Lipinski definition) is 2. The number of nitrogens with two attached hydrogens (primary N) is 1. The number of methoxy groups -OCH3 is 1. The highest BCUT2D eigenvalue weighted by molar-refractivity contribution is 5.85. The van der Waals surface area contributed by atoms with Crippen LogP contribution in [0.2, 0.25) is 0 Å². The Labute approximate surface area is 96.7 Å². The van der Waals surface area contributed by atoms with Crippen molar-refractivity contribution in [2.24, 2.45) is 11.7 Å². The second kappa shape index (κ2) is 6.18. The maximum atomic E-state index is 11.6. The van der Waals surface area contributed by atoms with Crippen LogP contribution in [0.25, 0.3) is 0 Å². The first-order valence-corrected chi connectivity index (χ1v) is 5.79. The van der Waals surface area contributed by atoms with Crippen LogP contribution in [0.1, 0.15) is 19.8 Å². The molecule has 0 aromatic carbocycles. The Kier molecular flexibility index (Phi) is 5.18. The van der Waals surface area contributed by atoms with Gasteiger partial charge in [-0.25, -0.2) is 0 Å². The standard InChI is InChI=1S/C11H22N2O3/c1-3-13-11(10(12)14,9-4-5-9)8-16-7-6-15-2/h9,13H,3-8H2,1-2H3,(H2,12,14). The Morgan fingerprint density at radius 3 is 2.62 bits per heavy atom. The molecule has 0 aliphatic heterocycles. The molecule has 1 unspecified atom stereocenters. The molecule has 1 aliphatic rings. The van der Waals surface area contributed by atoms with Crippen molar-refractivity contribution in [2.45, 2.75) is 25.3 Å². The largest absolute Gasteiger partial charge is 0.382 e. The van der Waals surface area contributed by atoms with Crippen molar-refractivity contribution in [3.8, 4) is 0 Å². The summed E-state index contributed by atoms with van der Waals surface area (Å²) in [5.74, 6) is 0.0155. The van der Waals surface area contributed by atoms with E-state index in [-0.39, 0.29) is 5.91 Å². The van der Waals surface area contributed by atoms with Crippen molar-refractivity contribution < 1.29 is 14.3 Å². The van der Waals surface area contributed by atoms with Gasteiger partial charge in [0.05, 0.1) is 19.8 Å². The zero-order chi connectivity index (χ0) is 12.0. The van der Waals surface area contributed by atoms with Crippen molar-refractivity contribution in [2.75, 3.05) is 33.5 Å². The lowest BCUT2D eigenvalue weighted by Gasteiger charge is -2.31. The van der Waals surface area contributed by atoms with Gasteiger partial charge in [0.15, 0.2) is 0 Å². The molecule has 0 bridgehead atoms. The molecule has 1 fully saturated rings. The average Bonchev–Trinajstić information content (AvgIpc) is 3.06. The van der Waals surface area contributed by atoms with E-state index in [9.17, 15) is 4.79 Å². The molecule has 0 aromatic rings. The van der Waals surface area contributed by atoms with Crippen LogP contribution in [-0.2, 0) is 14.3 Å². The predicted molar refractivity (Wildman–Crippen MR) is 61.0 cm³/mol. The van der Waals surface area contributed by atoms with E-state index in [4.69, 9.17) is 15.2 Å². The molecule has 0 spiro atoms. The number of ether oxygens (including phenoxy) is 2. The average molecular weight is 230 g/mol. The molecule has 1 rings (SSSR count). The van der Waals surface area contributed by atoms with Crippen molar-refractivity contribution in [3.05, 3.63) is 0 Å². The van der Waals surface area contributed by atoms with Crippen molar-refractivity contribution in [1.29, 1.82) is 0 Å². The summed E-state index contributed by atoms with van der Waals surface area (Å²) in [6, 6.07) is 0. The van der Waals surface area contributed by atoms with Gasteiger partial charge in [-0.2, -0.15) is 0 Å². The Bertz CT molecular complexity index is 231. The van der Waals surface area contributed by atoms with Gasteiger partial charge >= 0.3 is 0 Å². The second-order valence-electron chi connectivity index (χ2n) is 4.19. The summed E-state index contributed by atoms with van der Waals surface area (Å²) < 4.78 is 10.4. The Morgan fingerprint density at radius 2 is 2.19 bits per heavy atom. The monoisotopic (exact) mass is 230 g/mol. The fraction of sp³-hybridized carbons (Fsp3) is 0.909. The molecule has 5 nitrogen and oxygen atoms in total. The number of nitrogens with one attached hydrogen (secondary N) is 1. The van der Waals surface area contributed by atoms with Gasteiger partial charge in [-0.05, 0) is 25.3 Å². The minimum Gasteiger partial charge on any atom is -0.382 e. The van der Waals surface area contributed by atoms with Gasteiger partial charge < -0.3 is 20.5 Å². The van der Waals surface area contributed by atoms with Gasteiger partial charge in [0, 0.05) is 7.11 Å². The van der Waals surface area contributed by atoms with Crippen molar-refractivity contribution in [1.82, 2.24) is 5.32 Å². The van der Waals surface area contributed by atoms with Crippen LogP contribution in [0.15, 0.2) is 0 Å². The quantitative estimate of drug-likeness (QED) is 0.542. The summed E-state index contributed by atoms with van der Waals surface area (Å²) in [5.41, 5.74) is 4.82. The van der Waals surface area contributed by atoms with Crippen LogP contribution in [-0.4, -0.2) is 44.9 Å². The van der Waals surface area contributed by atoms with Gasteiger partial charge in [-0.1, -0.05) is 6.92 Å². The number of likely N-dealkylation sites (N-methyl/N-ethyl adjacent to an activating group) is 1. The fourth-order valence-corrected chi connectivity index (χ4v) is 1.94. The highest BCUT2D eigenvalue weighted by atomic mass is 16.5. The van der Waals surface area contributed by atoms with E-state index in [2.05, 4.69) is 5.32 Å². The van der Waals surface area contributed by atoms with E-state index in [0.29, 0.717) is 32.3 Å². The molecule has 5 heteroatoms. The van der Waals surface area contributed by atoms with Gasteiger partial charge in [-0.15, -0.1) is 0 Å². The molecule has 94 valence electrons. The predicted octanol–water partition coefficient (Wildman–Crippen LogP) is -0.107. The minimum atomic E-state index is -0.678. The normalized spacial score (nSPS) is 19.4. The zero-order valence-corrected chi connectivity index (χ0v) is 10.1. The third-order valence-electron chi connectivity index (χ3n) is 2.97. The molecule has 0 heterocycles. The van der Waals surface area contributed by atoms with E-state index >= 15 is 0 Å². The van der Waals surface area contributed by atoms with Crippen LogP contribution >= 0.6 is 0 Å². The number of primary amides is 1. The summed E-state index contributed by atoms with van der Waals surface area (Å²) >= 11 is 0. The first-order chi connectivity index (χ1) is 7.67. The smallest absolute Gasteiger partial charge is 0.240 e. The number of carbonyl (C=O) groups is 1. The molecular weight excluding hydrogens is 208 g/mol. The summed E-state index contributed by atoms with van der Waals surface area (Å²) in [6.45, 7) is 4.04. The molecule has 1 amide bonds. The summed E-state index contributed by atoms with van der Waals surface area (Å²) in [7, 11) is 1.62. The maximum absolute atomic E-state index is 11.6. The molecule has 1 atom stereocenters. The third-order valence-corrected chi connectivity index (χ3v) is 2.97. The summed E-state index contributed by atoms with van der Waals surface area (Å²) in [6.07, 6.45) is 2.09. The van der Waals surface area contributed by atoms with Gasteiger partial charge in [0.25, 0.3) is 0 Å². The molecular formula is C11H22N2O3. The van der Waals surface area contributed by atoms with Crippen LogP contribution in [0, 0.1) is 5.92 Å². The van der Waals surface area contributed by atoms with Crippen LogP contribution < -0.4 is 11.1 Å². The van der Waals surface area contributed by atoms with Gasteiger partial charge in [-0.3, -0.25) is 4.79 Å². The number of rotatable bonds is 9. The molecule has 1 saturated carbocycles. The molecule has 0 aromatic heterocycles. The van der Waals surface area contributed by atoms with E-state index in [0.717, 1.165) is 12.8 Å². The zero-order valence-electron chi connectivity index (χ0n) is 10.1. The van der Waals surface area contributed by atoms with Crippen molar-refractivity contribution in [3.63, 3.8) is 0 Å². The second-order valence-corrected chi connectivity index (χ2v) is 4.19. The lowest BCUT2D eigenvalue weighted by Crippen LogP contribution is -2.60. The molecule has 0 radical (unpaired) electrons. The Hall–Kier alpha value is -0.650. The van der Waals surface area contributed by atoms with Crippen LogP contribution in [0.3, 0.4) is 0 Å². The van der Waals surface area contributed by atoms with Crippen molar-refractivity contribution >= 4 is 5.91 Å². The van der Waals surface area contributed by atoms with Gasteiger partial charge in [0.1, 0.15) is 5.54 Å². The first-order valence-electron chi connectivity index (χ1n) is 5.79. The van der Waals surface area contributed by atoms with E-state index in [1.165, 1.54) is 0 Å². The Balaban J connectivity index is 2.50. The van der Waals surface area contributed by atoms with E-state index < -0.39 is 5.54 Å². The number of amides is 1. The lowest BCUT2D eigenvalue weighted by atomic mass is 9.93. The number of hydrogen-bond acceptors (Lipinski definition) is 4. The highest BCUT2D eigenvalue weighted by Crippen LogP contribution is 2.39. The maximum Gasteiger partial charge on any atom is 0.240 e. The number of carbonyl (C=O) groups excluding carboxylic acids is 1. The van der Waals surface area contributed by atoms with E-state index in [1.54, 1.807) is 7.11 Å². The minimum absolute atomic E-state index is 0.311. The van der Waals surface area contributed by atoms with Crippen LogP contribution in [0.5, 0.6) is 0 Å². The SMILES string of the molecule is CCNC(COCCOC)(C(N)=O)C1CC1. The van der Waals surface area contributed by atoms with Gasteiger partial charge in [0.2, 0.25) is 5.91 Å². The topological polar surface area (TPSA) is 73.6 Å². The molecule has 16 heavy (non-hydrogen) atoms. The highest BCUT2D eigenvalue weighted by Gasteiger charge is 2.49. The van der Waals surface area contributed by atoms with E-state index in [1.807, 2.05) is 6.92 Å². The molecule has 1 aliphatic carbocycles. The third kappa shape index (κ3) is 3.17. The molecule has 3 N–H and O–H groups in total.